The number of H-pyrrole nitrogens is 1. The molecule has 9 nitrogen and oxygen atoms in total. The molecule has 0 aliphatic carbocycles. The van der Waals surface area contributed by atoms with E-state index < -0.39 is 17.6 Å². The molecule has 1 fully saturated rings. The lowest BCUT2D eigenvalue weighted by Crippen LogP contribution is -2.47. The van der Waals surface area contributed by atoms with Gasteiger partial charge in [0.15, 0.2) is 0 Å². The number of aromatic amines is 1. The Morgan fingerprint density at radius 3 is 2.44 bits per heavy atom. The zero-order chi connectivity index (χ0) is 31.7. The zero-order valence-electron chi connectivity index (χ0n) is 24.1. The van der Waals surface area contributed by atoms with Crippen molar-refractivity contribution in [2.45, 2.75) is 6.18 Å². The van der Waals surface area contributed by atoms with Crippen molar-refractivity contribution in [1.82, 2.24) is 14.8 Å². The normalized spacial score (nSPS) is 16.0. The third-order valence-corrected chi connectivity index (χ3v) is 7.60. The van der Waals surface area contributed by atoms with Crippen molar-refractivity contribution >= 4 is 40.7 Å². The molecule has 0 bridgehead atoms. The average molecular weight is 616 g/mol. The second-order valence-electron chi connectivity index (χ2n) is 10.8. The maximum atomic E-state index is 13.0. The molecule has 0 saturated carbocycles. The molecule has 1 aromatic heterocycles. The number of hydrogen-bond acceptors (Lipinski definition) is 5. The predicted molar refractivity (Wildman–Crippen MR) is 163 cm³/mol. The summed E-state index contributed by atoms with van der Waals surface area (Å²) in [5, 5.41) is 5.42. The molecule has 230 valence electrons. The summed E-state index contributed by atoms with van der Waals surface area (Å²) in [6, 6.07) is 17.4. The van der Waals surface area contributed by atoms with Gasteiger partial charge in [-0.1, -0.05) is 12.1 Å². The molecule has 3 amide bonds. The van der Waals surface area contributed by atoms with Crippen LogP contribution in [0.25, 0.3) is 11.6 Å². The second-order valence-corrected chi connectivity index (χ2v) is 10.8. The molecule has 3 heterocycles. The van der Waals surface area contributed by atoms with Crippen molar-refractivity contribution < 1.29 is 32.3 Å². The van der Waals surface area contributed by atoms with Crippen LogP contribution in [-0.2, 0) is 11.0 Å². The maximum Gasteiger partial charge on any atom is 0.416 e. The number of alkyl halides is 3. The van der Waals surface area contributed by atoms with Gasteiger partial charge in [0.05, 0.1) is 22.4 Å². The maximum absolute atomic E-state index is 13.0. The molecular weight excluding hydrogens is 587 g/mol. The summed E-state index contributed by atoms with van der Waals surface area (Å²) in [5.41, 5.74) is 2.06. The Bertz CT molecular complexity index is 1820. The highest BCUT2D eigenvalue weighted by atomic mass is 19.4. The molecular formula is C33H28F3N5O4. The standard InChI is InChI=1S/C33H28F3N5O4/c1-40-10-12-41(13-11-40)32(44)21-15-24(37-19-21)17-28-27-9-8-26(18-29(27)39-31(28)43)45-25-7-3-6-23(16-25)38-30(42)20-4-2-5-22(14-20)33(34,35)36/h2-9,14-19,37H,10-13H2,1H3,(H,38,42)(H,39,43)/b28-17-. The van der Waals surface area contributed by atoms with E-state index in [2.05, 4.69) is 20.5 Å². The average Bonchev–Trinajstić information content (AvgIpc) is 3.61. The van der Waals surface area contributed by atoms with Gasteiger partial charge in [0, 0.05) is 67.0 Å². The number of fused-ring (bicyclic) bond motifs is 1. The van der Waals surface area contributed by atoms with E-state index in [4.69, 9.17) is 4.74 Å². The Labute approximate surface area is 256 Å². The lowest BCUT2D eigenvalue weighted by molar-refractivity contribution is -0.137. The summed E-state index contributed by atoms with van der Waals surface area (Å²) in [4.78, 5) is 45.4. The Kier molecular flexibility index (Phi) is 7.90. The number of hydrogen-bond donors (Lipinski definition) is 3. The summed E-state index contributed by atoms with van der Waals surface area (Å²) in [7, 11) is 2.03. The zero-order valence-corrected chi connectivity index (χ0v) is 24.1. The SMILES string of the molecule is CN1CCN(C(=O)c2c[nH]c(/C=C3\C(=O)Nc4cc(Oc5cccc(NC(=O)c6cccc(C(F)(F)F)c6)c5)ccc43)c2)CC1. The largest absolute Gasteiger partial charge is 0.457 e. The van der Waals surface area contributed by atoms with Crippen LogP contribution in [0.3, 0.4) is 0 Å². The molecule has 2 aliphatic rings. The molecule has 0 unspecified atom stereocenters. The fraction of sp³-hybridized carbons (Fsp3) is 0.182. The Balaban J connectivity index is 1.13. The van der Waals surface area contributed by atoms with Gasteiger partial charge in [-0.25, -0.2) is 0 Å². The van der Waals surface area contributed by atoms with Gasteiger partial charge in [0.2, 0.25) is 0 Å². The first-order valence-electron chi connectivity index (χ1n) is 14.1. The topological polar surface area (TPSA) is 107 Å². The van der Waals surface area contributed by atoms with Crippen LogP contribution < -0.4 is 15.4 Å². The molecule has 0 spiro atoms. The van der Waals surface area contributed by atoms with E-state index in [0.29, 0.717) is 58.4 Å². The van der Waals surface area contributed by atoms with Crippen molar-refractivity contribution in [2.24, 2.45) is 0 Å². The number of aromatic nitrogens is 1. The molecule has 1 saturated heterocycles. The number of nitrogens with zero attached hydrogens (tertiary/aromatic N) is 2. The molecule has 0 radical (unpaired) electrons. The Morgan fingerprint density at radius 1 is 0.911 bits per heavy atom. The molecule has 4 aromatic rings. The molecule has 3 aromatic carbocycles. The van der Waals surface area contributed by atoms with Gasteiger partial charge in [0.1, 0.15) is 11.5 Å². The molecule has 0 atom stereocenters. The van der Waals surface area contributed by atoms with Crippen LogP contribution in [0.15, 0.2) is 79.0 Å². The summed E-state index contributed by atoms with van der Waals surface area (Å²) >= 11 is 0. The Morgan fingerprint density at radius 2 is 1.67 bits per heavy atom. The summed E-state index contributed by atoms with van der Waals surface area (Å²) in [6.07, 6.45) is -1.22. The van der Waals surface area contributed by atoms with Gasteiger partial charge < -0.3 is 30.2 Å². The van der Waals surface area contributed by atoms with Crippen molar-refractivity contribution in [3.05, 3.63) is 107 Å². The number of benzene rings is 3. The van der Waals surface area contributed by atoms with E-state index in [-0.39, 0.29) is 17.4 Å². The van der Waals surface area contributed by atoms with Crippen LogP contribution in [0.4, 0.5) is 24.5 Å². The van der Waals surface area contributed by atoms with Crippen molar-refractivity contribution in [1.29, 1.82) is 0 Å². The van der Waals surface area contributed by atoms with E-state index in [0.717, 1.165) is 25.2 Å². The van der Waals surface area contributed by atoms with E-state index in [1.807, 2.05) is 11.9 Å². The monoisotopic (exact) mass is 615 g/mol. The first-order valence-corrected chi connectivity index (χ1v) is 14.1. The minimum Gasteiger partial charge on any atom is -0.457 e. The highest BCUT2D eigenvalue weighted by Gasteiger charge is 2.31. The number of nitrogens with one attached hydrogen (secondary N) is 3. The quantitative estimate of drug-likeness (QED) is 0.232. The second kappa shape index (κ2) is 12.0. The lowest BCUT2D eigenvalue weighted by Gasteiger charge is -2.32. The van der Waals surface area contributed by atoms with E-state index in [1.54, 1.807) is 54.7 Å². The lowest BCUT2D eigenvalue weighted by atomic mass is 10.1. The van der Waals surface area contributed by atoms with Crippen LogP contribution in [0.5, 0.6) is 11.5 Å². The molecule has 6 rings (SSSR count). The van der Waals surface area contributed by atoms with Crippen molar-refractivity contribution in [3.8, 4) is 11.5 Å². The number of piperazine rings is 1. The molecule has 3 N–H and O–H groups in total. The predicted octanol–water partition coefficient (Wildman–Crippen LogP) is 5.96. The molecule has 12 heteroatoms. The third-order valence-electron chi connectivity index (χ3n) is 7.60. The molecule has 45 heavy (non-hydrogen) atoms. The van der Waals surface area contributed by atoms with E-state index >= 15 is 0 Å². The minimum absolute atomic E-state index is 0.0543. The number of carbonyl (C=O) groups is 3. The van der Waals surface area contributed by atoms with Crippen LogP contribution in [0, 0.1) is 0 Å². The highest BCUT2D eigenvalue weighted by Crippen LogP contribution is 2.37. The van der Waals surface area contributed by atoms with Crippen LogP contribution in [0.2, 0.25) is 0 Å². The van der Waals surface area contributed by atoms with Crippen LogP contribution >= 0.6 is 0 Å². The third kappa shape index (κ3) is 6.60. The summed E-state index contributed by atoms with van der Waals surface area (Å²) in [6.45, 7) is 2.97. The fourth-order valence-electron chi connectivity index (χ4n) is 5.16. The smallest absolute Gasteiger partial charge is 0.416 e. The number of anilines is 2. The number of amides is 3. The number of likely N-dealkylation sites (N-methyl/N-ethyl adjacent to an activating group) is 1. The van der Waals surface area contributed by atoms with Gasteiger partial charge in [0.25, 0.3) is 17.7 Å². The van der Waals surface area contributed by atoms with Crippen LogP contribution in [-0.4, -0.2) is 65.7 Å². The van der Waals surface area contributed by atoms with Gasteiger partial charge in [-0.15, -0.1) is 0 Å². The van der Waals surface area contributed by atoms with E-state index in [9.17, 15) is 27.6 Å². The number of halogens is 3. The number of carbonyl (C=O) groups excluding carboxylic acids is 3. The first kappa shape index (κ1) is 29.7. The van der Waals surface area contributed by atoms with Gasteiger partial charge in [-0.3, -0.25) is 14.4 Å². The molecule has 2 aliphatic heterocycles. The fourth-order valence-corrected chi connectivity index (χ4v) is 5.16. The minimum atomic E-state index is -4.56. The van der Waals surface area contributed by atoms with Crippen molar-refractivity contribution in [3.63, 3.8) is 0 Å². The first-order chi connectivity index (χ1) is 21.5. The van der Waals surface area contributed by atoms with Gasteiger partial charge in [-0.2, -0.15) is 13.2 Å². The highest BCUT2D eigenvalue weighted by molar-refractivity contribution is 6.35. The summed E-state index contributed by atoms with van der Waals surface area (Å²) < 4.78 is 45.1. The van der Waals surface area contributed by atoms with Gasteiger partial charge in [-0.05, 0) is 61.7 Å². The van der Waals surface area contributed by atoms with Crippen LogP contribution in [0.1, 0.15) is 37.5 Å². The van der Waals surface area contributed by atoms with Crippen molar-refractivity contribution in [2.75, 3.05) is 43.9 Å². The Hall–Kier alpha value is -5.36. The summed E-state index contributed by atoms with van der Waals surface area (Å²) in [5.74, 6) is -0.280. The van der Waals surface area contributed by atoms with Gasteiger partial charge >= 0.3 is 6.18 Å². The number of rotatable bonds is 6. The number of ether oxygens (including phenoxy) is 1. The van der Waals surface area contributed by atoms with E-state index in [1.165, 1.54) is 18.2 Å².